The van der Waals surface area contributed by atoms with Gasteiger partial charge in [0.05, 0.1) is 27.5 Å². The number of amidine groups is 1. The Kier molecular flexibility index (Phi) is 9.55. The van der Waals surface area contributed by atoms with Crippen LogP contribution >= 0.6 is 27.7 Å². The van der Waals surface area contributed by atoms with E-state index in [1.165, 1.54) is 43.1 Å². The number of carbonyl (C=O) groups is 1. The minimum atomic E-state index is -0.477. The Hall–Kier alpha value is -5.47. The quantitative estimate of drug-likeness (QED) is 0.0812. The predicted octanol–water partition coefficient (Wildman–Crippen LogP) is 8.18. The molecule has 1 fully saturated rings. The Balaban J connectivity index is 1.28. The number of ether oxygens (including phenoxy) is 2. The summed E-state index contributed by atoms with van der Waals surface area (Å²) in [6, 6.07) is 23.4. The summed E-state index contributed by atoms with van der Waals surface area (Å²) in [5.41, 5.74) is 3.73. The number of aliphatic imine (C=N–C) groups is 1. The van der Waals surface area contributed by atoms with Crippen molar-refractivity contribution in [3.8, 4) is 11.5 Å². The molecule has 4 aromatic carbocycles. The number of H-pyrrole nitrogens is 1. The fraction of sp³-hybridized carbons (Fsp3) is 0.118. The van der Waals surface area contributed by atoms with Crippen LogP contribution in [0.15, 0.2) is 105 Å². The zero-order valence-corrected chi connectivity index (χ0v) is 27.7. The van der Waals surface area contributed by atoms with Crippen LogP contribution in [0.5, 0.6) is 11.5 Å². The van der Waals surface area contributed by atoms with E-state index in [-0.39, 0.29) is 23.9 Å². The Morgan fingerprint density at radius 3 is 2.48 bits per heavy atom. The van der Waals surface area contributed by atoms with Gasteiger partial charge in [-0.2, -0.15) is 0 Å². The fourth-order valence-electron chi connectivity index (χ4n) is 5.11. The van der Waals surface area contributed by atoms with E-state index in [1.807, 2.05) is 30.5 Å². The molecule has 14 heteroatoms. The number of nitro benzene ring substituents is 2. The number of aromatic nitrogens is 1. The maximum Gasteiger partial charge on any atom is 0.269 e. The molecule has 0 unspecified atom stereocenters. The molecule has 6 rings (SSSR count). The summed E-state index contributed by atoms with van der Waals surface area (Å²) in [4.78, 5) is 45.2. The van der Waals surface area contributed by atoms with Crippen molar-refractivity contribution in [2.45, 2.75) is 13.0 Å². The smallest absolute Gasteiger partial charge is 0.269 e. The topological polar surface area (TPSA) is 153 Å². The molecule has 0 atom stereocenters. The van der Waals surface area contributed by atoms with Crippen molar-refractivity contribution in [1.29, 1.82) is 0 Å². The van der Waals surface area contributed by atoms with Crippen LogP contribution in [0.3, 0.4) is 0 Å². The summed E-state index contributed by atoms with van der Waals surface area (Å²) in [5.74, 6) is 0.573. The number of benzene rings is 4. The van der Waals surface area contributed by atoms with Gasteiger partial charge >= 0.3 is 0 Å². The number of fused-ring (bicyclic) bond motifs is 1. The van der Waals surface area contributed by atoms with Crippen LogP contribution in [-0.4, -0.2) is 44.5 Å². The predicted molar refractivity (Wildman–Crippen MR) is 188 cm³/mol. The lowest BCUT2D eigenvalue weighted by Crippen LogP contribution is -2.31. The first-order valence-electron chi connectivity index (χ1n) is 14.5. The van der Waals surface area contributed by atoms with Crippen molar-refractivity contribution in [2.24, 2.45) is 4.99 Å². The molecule has 0 radical (unpaired) electrons. The van der Waals surface area contributed by atoms with Crippen LogP contribution < -0.4 is 9.47 Å². The molecular weight excluding hydrogens is 702 g/mol. The Bertz CT molecular complexity index is 2110. The van der Waals surface area contributed by atoms with E-state index in [1.54, 1.807) is 47.4 Å². The third-order valence-electron chi connectivity index (χ3n) is 7.54. The summed E-state index contributed by atoms with van der Waals surface area (Å²) in [6.45, 7) is 0.429. The molecule has 242 valence electrons. The first-order chi connectivity index (χ1) is 23.2. The zero-order chi connectivity index (χ0) is 33.8. The lowest BCUT2D eigenvalue weighted by atomic mass is 10.1. The van der Waals surface area contributed by atoms with Crippen molar-refractivity contribution >= 4 is 72.8 Å². The molecule has 2 heterocycles. The van der Waals surface area contributed by atoms with Crippen LogP contribution in [0.25, 0.3) is 17.0 Å². The van der Waals surface area contributed by atoms with E-state index in [0.717, 1.165) is 16.5 Å². The molecule has 1 aliphatic rings. The average molecular weight is 729 g/mol. The molecule has 1 amide bonds. The van der Waals surface area contributed by atoms with Crippen molar-refractivity contribution in [2.75, 3.05) is 13.7 Å². The minimum absolute atomic E-state index is 0.0306. The second-order valence-electron chi connectivity index (χ2n) is 10.6. The molecule has 1 saturated heterocycles. The number of nitrogens with zero attached hydrogens (tertiary/aromatic N) is 4. The normalized spacial score (nSPS) is 14.6. The van der Waals surface area contributed by atoms with Crippen LogP contribution in [0.2, 0.25) is 0 Å². The van der Waals surface area contributed by atoms with Gasteiger partial charge in [0.2, 0.25) is 0 Å². The second-order valence-corrected chi connectivity index (χ2v) is 12.4. The maximum absolute atomic E-state index is 13.9. The number of nitro groups is 2. The number of methoxy groups -OCH3 is 1. The Morgan fingerprint density at radius 1 is 0.958 bits per heavy atom. The number of amides is 1. The first kappa shape index (κ1) is 32.5. The molecule has 1 N–H and O–H groups in total. The number of thioether (sulfide) groups is 1. The van der Waals surface area contributed by atoms with Gasteiger partial charge in [-0.1, -0.05) is 46.3 Å². The lowest BCUT2D eigenvalue weighted by molar-refractivity contribution is -0.385. The van der Waals surface area contributed by atoms with Crippen molar-refractivity contribution < 1.29 is 24.1 Å². The summed E-state index contributed by atoms with van der Waals surface area (Å²) in [5, 5.41) is 23.8. The molecule has 5 aromatic rings. The summed E-state index contributed by atoms with van der Waals surface area (Å²) in [6.07, 6.45) is 4.24. The number of non-ortho nitro benzene ring substituents is 2. The minimum Gasteiger partial charge on any atom is -0.493 e. The number of hydrogen-bond acceptors (Lipinski definition) is 9. The lowest BCUT2D eigenvalue weighted by Gasteiger charge is -2.15. The standard InChI is InChI=1S/C34H26BrN5O7S/c1-46-30-16-23(28(35)18-31(30)47-20-21-5-4-6-26(15-21)40(44)45)17-32-33(41)38(14-13-22-19-36-29-8-3-2-7-27(22)29)34(48-32)37-24-9-11-25(12-10-24)39(42)43/h2-12,15-19,36H,13-14,20H2,1H3/b32-17-,37-34?. The van der Waals surface area contributed by atoms with Crippen molar-refractivity contribution in [3.05, 3.63) is 137 Å². The molecule has 0 aliphatic carbocycles. The number of nitrogens with one attached hydrogen (secondary N) is 1. The van der Waals surface area contributed by atoms with Gasteiger partial charge in [-0.15, -0.1) is 0 Å². The molecule has 0 bridgehead atoms. The fourth-order valence-corrected chi connectivity index (χ4v) is 6.57. The average Bonchev–Trinajstić information content (AvgIpc) is 3.63. The SMILES string of the molecule is COc1cc(/C=C2\SC(=Nc3ccc([N+](=O)[O-])cc3)N(CCc3c[nH]c4ccccc34)C2=O)c(Br)cc1OCc1cccc([N+](=O)[O-])c1. The number of hydrogen-bond donors (Lipinski definition) is 1. The Morgan fingerprint density at radius 2 is 1.73 bits per heavy atom. The molecule has 0 spiro atoms. The van der Waals surface area contributed by atoms with Gasteiger partial charge in [-0.05, 0) is 71.3 Å². The van der Waals surface area contributed by atoms with Crippen LogP contribution in [0.4, 0.5) is 17.1 Å². The van der Waals surface area contributed by atoms with Gasteiger partial charge in [0.25, 0.3) is 17.3 Å². The third-order valence-corrected chi connectivity index (χ3v) is 9.23. The molecule has 48 heavy (non-hydrogen) atoms. The first-order valence-corrected chi connectivity index (χ1v) is 16.1. The van der Waals surface area contributed by atoms with E-state index in [0.29, 0.717) is 55.8 Å². The van der Waals surface area contributed by atoms with Crippen LogP contribution in [0, 0.1) is 20.2 Å². The maximum atomic E-state index is 13.9. The van der Waals surface area contributed by atoms with Crippen molar-refractivity contribution in [3.63, 3.8) is 0 Å². The van der Waals surface area contributed by atoms with Crippen LogP contribution in [-0.2, 0) is 17.8 Å². The largest absolute Gasteiger partial charge is 0.493 e. The number of rotatable bonds is 11. The molecule has 0 saturated carbocycles. The summed E-state index contributed by atoms with van der Waals surface area (Å²) >= 11 is 4.79. The highest BCUT2D eigenvalue weighted by Gasteiger charge is 2.33. The molecular formula is C34H26BrN5O7S. The molecule has 1 aromatic heterocycles. The van der Waals surface area contributed by atoms with Gasteiger partial charge in [0.1, 0.15) is 6.61 Å². The molecule has 12 nitrogen and oxygen atoms in total. The van der Waals surface area contributed by atoms with E-state index >= 15 is 0 Å². The van der Waals surface area contributed by atoms with E-state index in [2.05, 4.69) is 20.9 Å². The van der Waals surface area contributed by atoms with Gasteiger partial charge in [-0.25, -0.2) is 4.99 Å². The van der Waals surface area contributed by atoms with Gasteiger partial charge in [-0.3, -0.25) is 29.9 Å². The Labute approximate surface area is 286 Å². The highest BCUT2D eigenvalue weighted by atomic mass is 79.9. The summed E-state index contributed by atoms with van der Waals surface area (Å²) in [7, 11) is 1.50. The van der Waals surface area contributed by atoms with Gasteiger partial charge in [0.15, 0.2) is 16.7 Å². The monoisotopic (exact) mass is 727 g/mol. The van der Waals surface area contributed by atoms with Crippen LogP contribution in [0.1, 0.15) is 16.7 Å². The van der Waals surface area contributed by atoms with E-state index in [4.69, 9.17) is 14.5 Å². The second kappa shape index (κ2) is 14.1. The van der Waals surface area contributed by atoms with Gasteiger partial charge in [0, 0.05) is 52.4 Å². The number of carbonyl (C=O) groups excluding carboxylic acids is 1. The summed E-state index contributed by atoms with van der Waals surface area (Å²) < 4.78 is 12.2. The number of aromatic amines is 1. The van der Waals surface area contributed by atoms with Gasteiger partial charge < -0.3 is 14.5 Å². The number of para-hydroxylation sites is 1. The van der Waals surface area contributed by atoms with Crippen molar-refractivity contribution in [1.82, 2.24) is 9.88 Å². The van der Waals surface area contributed by atoms with E-state index < -0.39 is 9.85 Å². The number of halogens is 1. The third kappa shape index (κ3) is 7.09. The highest BCUT2D eigenvalue weighted by Crippen LogP contribution is 2.39. The zero-order valence-electron chi connectivity index (χ0n) is 25.3. The molecule has 1 aliphatic heterocycles. The highest BCUT2D eigenvalue weighted by molar-refractivity contribution is 9.10. The van der Waals surface area contributed by atoms with E-state index in [9.17, 15) is 25.0 Å².